The smallest absolute Gasteiger partial charge is 0.416 e. The summed E-state index contributed by atoms with van der Waals surface area (Å²) in [6.45, 7) is 0. The maximum atomic E-state index is 12.7. The molecule has 34 heavy (non-hydrogen) atoms. The SMILES string of the molecule is O=C(NN=Cc1ccc(OC(=O)c2ccccc2Cl)cc1)C(=O)Nc1cccc(C(F)(F)F)c1. The standard InChI is InChI=1S/C23H15ClF3N3O4/c24-19-7-2-1-6-18(19)22(33)34-17-10-8-14(9-11-17)13-28-30-21(32)20(31)29-16-5-3-4-15(12-16)23(25,26)27/h1-13H,(H,29,31)(H,30,32). The molecule has 0 heterocycles. The van der Waals surface area contributed by atoms with Crippen molar-refractivity contribution in [3.05, 3.63) is 94.5 Å². The van der Waals surface area contributed by atoms with Gasteiger partial charge < -0.3 is 10.1 Å². The first-order chi connectivity index (χ1) is 16.1. The molecule has 0 aliphatic carbocycles. The van der Waals surface area contributed by atoms with Gasteiger partial charge in [-0.1, -0.05) is 29.8 Å². The largest absolute Gasteiger partial charge is 0.423 e. The van der Waals surface area contributed by atoms with E-state index in [0.29, 0.717) is 11.6 Å². The summed E-state index contributed by atoms with van der Waals surface area (Å²) in [4.78, 5) is 35.9. The summed E-state index contributed by atoms with van der Waals surface area (Å²) in [6, 6.07) is 16.3. The Hall–Kier alpha value is -4.18. The van der Waals surface area contributed by atoms with E-state index in [-0.39, 0.29) is 22.0 Å². The Kier molecular flexibility index (Phi) is 7.64. The molecule has 0 fully saturated rings. The van der Waals surface area contributed by atoms with Crippen molar-refractivity contribution in [1.29, 1.82) is 0 Å². The number of nitrogens with zero attached hydrogens (tertiary/aromatic N) is 1. The number of esters is 1. The van der Waals surface area contributed by atoms with Crippen LogP contribution in [-0.4, -0.2) is 24.0 Å². The molecule has 174 valence electrons. The summed E-state index contributed by atoms with van der Waals surface area (Å²) in [7, 11) is 0. The Morgan fingerprint density at radius 1 is 0.912 bits per heavy atom. The normalized spacial score (nSPS) is 11.2. The Morgan fingerprint density at radius 2 is 1.62 bits per heavy atom. The van der Waals surface area contributed by atoms with Crippen LogP contribution in [0.5, 0.6) is 5.75 Å². The fourth-order valence-electron chi connectivity index (χ4n) is 2.59. The lowest BCUT2D eigenvalue weighted by atomic mass is 10.2. The number of alkyl halides is 3. The van der Waals surface area contributed by atoms with Crippen LogP contribution in [0.15, 0.2) is 77.9 Å². The van der Waals surface area contributed by atoms with Crippen molar-refractivity contribution in [3.63, 3.8) is 0 Å². The first kappa shape index (κ1) is 24.5. The number of hydrogen-bond donors (Lipinski definition) is 2. The third-order valence-electron chi connectivity index (χ3n) is 4.22. The lowest BCUT2D eigenvalue weighted by molar-refractivity contribution is -0.137. The van der Waals surface area contributed by atoms with Gasteiger partial charge in [-0.25, -0.2) is 10.2 Å². The van der Waals surface area contributed by atoms with Crippen molar-refractivity contribution in [3.8, 4) is 5.75 Å². The van der Waals surface area contributed by atoms with E-state index in [0.717, 1.165) is 12.1 Å². The molecular formula is C23H15ClF3N3O4. The Morgan fingerprint density at radius 3 is 2.29 bits per heavy atom. The third kappa shape index (κ3) is 6.66. The first-order valence-corrected chi connectivity index (χ1v) is 9.90. The van der Waals surface area contributed by atoms with E-state index in [9.17, 15) is 27.6 Å². The monoisotopic (exact) mass is 489 g/mol. The van der Waals surface area contributed by atoms with Gasteiger partial charge in [0.2, 0.25) is 0 Å². The van der Waals surface area contributed by atoms with Crippen molar-refractivity contribution in [2.75, 3.05) is 5.32 Å². The summed E-state index contributed by atoms with van der Waals surface area (Å²) in [6.07, 6.45) is -3.37. The van der Waals surface area contributed by atoms with Crippen LogP contribution < -0.4 is 15.5 Å². The number of carbonyl (C=O) groups is 3. The zero-order valence-corrected chi connectivity index (χ0v) is 17.9. The third-order valence-corrected chi connectivity index (χ3v) is 4.55. The summed E-state index contributed by atoms with van der Waals surface area (Å²) in [5.41, 5.74) is 1.51. The van der Waals surface area contributed by atoms with E-state index >= 15 is 0 Å². The van der Waals surface area contributed by atoms with Crippen molar-refractivity contribution < 1.29 is 32.3 Å². The quantitative estimate of drug-likeness (QED) is 0.179. The van der Waals surface area contributed by atoms with Gasteiger partial charge in [0.1, 0.15) is 5.75 Å². The van der Waals surface area contributed by atoms with Gasteiger partial charge in [-0.15, -0.1) is 0 Å². The van der Waals surface area contributed by atoms with E-state index in [1.807, 2.05) is 5.43 Å². The highest BCUT2D eigenvalue weighted by molar-refractivity contribution is 6.39. The van der Waals surface area contributed by atoms with Gasteiger partial charge in [0, 0.05) is 5.69 Å². The highest BCUT2D eigenvalue weighted by atomic mass is 35.5. The van der Waals surface area contributed by atoms with Crippen LogP contribution >= 0.6 is 11.6 Å². The van der Waals surface area contributed by atoms with Crippen LogP contribution in [0.1, 0.15) is 21.5 Å². The van der Waals surface area contributed by atoms with Gasteiger partial charge in [-0.3, -0.25) is 9.59 Å². The number of hydrazone groups is 1. The summed E-state index contributed by atoms with van der Waals surface area (Å²) in [5, 5.41) is 5.94. The zero-order valence-electron chi connectivity index (χ0n) is 17.1. The molecule has 0 aromatic heterocycles. The molecule has 3 aromatic rings. The van der Waals surface area contributed by atoms with E-state index in [4.69, 9.17) is 16.3 Å². The minimum Gasteiger partial charge on any atom is -0.423 e. The fourth-order valence-corrected chi connectivity index (χ4v) is 2.80. The summed E-state index contributed by atoms with van der Waals surface area (Å²) in [5.74, 6) is -2.77. The fraction of sp³-hybridized carbons (Fsp3) is 0.0435. The molecule has 3 aromatic carbocycles. The van der Waals surface area contributed by atoms with Crippen LogP contribution in [0, 0.1) is 0 Å². The molecule has 7 nitrogen and oxygen atoms in total. The topological polar surface area (TPSA) is 96.9 Å². The molecule has 2 amide bonds. The van der Waals surface area contributed by atoms with Crippen LogP contribution in [0.4, 0.5) is 18.9 Å². The molecule has 0 saturated heterocycles. The van der Waals surface area contributed by atoms with Crippen LogP contribution in [0.25, 0.3) is 0 Å². The number of amides is 2. The molecular weight excluding hydrogens is 475 g/mol. The Balaban J connectivity index is 1.53. The molecule has 0 aliphatic rings. The number of nitrogens with one attached hydrogen (secondary N) is 2. The van der Waals surface area contributed by atoms with Gasteiger partial charge in [0.05, 0.1) is 22.4 Å². The van der Waals surface area contributed by atoms with E-state index in [1.165, 1.54) is 42.6 Å². The average Bonchev–Trinajstić information content (AvgIpc) is 2.80. The summed E-state index contributed by atoms with van der Waals surface area (Å²) < 4.78 is 43.4. The van der Waals surface area contributed by atoms with Gasteiger partial charge in [-0.05, 0) is 60.2 Å². The highest BCUT2D eigenvalue weighted by Crippen LogP contribution is 2.30. The zero-order chi connectivity index (χ0) is 24.7. The molecule has 3 rings (SSSR count). The predicted octanol–water partition coefficient (Wildman–Crippen LogP) is 4.67. The number of halogens is 4. The van der Waals surface area contributed by atoms with Crippen molar-refractivity contribution in [2.24, 2.45) is 5.10 Å². The lowest BCUT2D eigenvalue weighted by Crippen LogP contribution is -2.32. The van der Waals surface area contributed by atoms with Crippen molar-refractivity contribution in [1.82, 2.24) is 5.43 Å². The molecule has 0 aliphatic heterocycles. The maximum absolute atomic E-state index is 12.7. The highest BCUT2D eigenvalue weighted by Gasteiger charge is 2.30. The lowest BCUT2D eigenvalue weighted by Gasteiger charge is -2.09. The number of anilines is 1. The first-order valence-electron chi connectivity index (χ1n) is 9.52. The van der Waals surface area contributed by atoms with Crippen LogP contribution in [0.3, 0.4) is 0 Å². The van der Waals surface area contributed by atoms with Gasteiger partial charge >= 0.3 is 24.0 Å². The number of ether oxygens (including phenoxy) is 1. The van der Waals surface area contributed by atoms with E-state index in [2.05, 4.69) is 10.4 Å². The molecule has 0 spiro atoms. The molecule has 0 saturated carbocycles. The molecule has 11 heteroatoms. The molecule has 0 bridgehead atoms. The van der Waals surface area contributed by atoms with Crippen LogP contribution in [0.2, 0.25) is 5.02 Å². The number of rotatable bonds is 5. The van der Waals surface area contributed by atoms with Gasteiger partial charge in [0.15, 0.2) is 0 Å². The summed E-state index contributed by atoms with van der Waals surface area (Å²) >= 11 is 5.96. The molecule has 0 radical (unpaired) electrons. The Labute approximate surface area is 196 Å². The molecule has 2 N–H and O–H groups in total. The second kappa shape index (κ2) is 10.6. The maximum Gasteiger partial charge on any atom is 0.416 e. The number of carbonyl (C=O) groups excluding carboxylic acids is 3. The van der Waals surface area contributed by atoms with Crippen molar-refractivity contribution in [2.45, 2.75) is 6.18 Å². The van der Waals surface area contributed by atoms with Crippen molar-refractivity contribution >= 4 is 41.3 Å². The van der Waals surface area contributed by atoms with Crippen LogP contribution in [-0.2, 0) is 15.8 Å². The number of benzene rings is 3. The minimum absolute atomic E-state index is 0.194. The Bertz CT molecular complexity index is 1240. The molecule has 0 atom stereocenters. The second-order valence-corrected chi connectivity index (χ2v) is 7.08. The second-order valence-electron chi connectivity index (χ2n) is 6.67. The average molecular weight is 490 g/mol. The molecule has 0 unspecified atom stereocenters. The minimum atomic E-state index is -4.59. The van der Waals surface area contributed by atoms with Gasteiger partial charge in [-0.2, -0.15) is 18.3 Å². The van der Waals surface area contributed by atoms with E-state index in [1.54, 1.807) is 18.2 Å². The number of hydrogen-bond acceptors (Lipinski definition) is 5. The van der Waals surface area contributed by atoms with E-state index < -0.39 is 29.5 Å². The van der Waals surface area contributed by atoms with Gasteiger partial charge in [0.25, 0.3) is 0 Å². The predicted molar refractivity (Wildman–Crippen MR) is 119 cm³/mol.